The van der Waals surface area contributed by atoms with Crippen molar-refractivity contribution >= 4 is 64.1 Å². The predicted octanol–water partition coefficient (Wildman–Crippen LogP) is 5.41. The van der Waals surface area contributed by atoms with E-state index in [9.17, 15) is 54.3 Å². The van der Waals surface area contributed by atoms with Gasteiger partial charge in [-0.15, -0.1) is 0 Å². The van der Waals surface area contributed by atoms with Crippen LogP contribution in [0, 0.1) is 16.7 Å². The SMILES string of the molecule is CC(=O)O[C@@]12CO[C@@H]1C[C@H](O)[C@@]1(C)C(=O)[C@H](O)C3=C(C)[C@@H](OC(=O)[C@H](O)[C@@H](NC(=O)OC(C)(C)C)c4ccccc4)C[C@@](O)([C@@H](OC(=O)c4ccccc4)[C@H]21)C3(C)C.NC1(C(=O)N[C@@H](CCO)c2ccc(Cl)cc2)CCN(c2ncnc3[nH]ccc23)CC1. The number of carbonyl (C=O) groups excluding carboxylic acids is 6. The number of H-pyrrole nitrogens is 1. The molecular formula is C64H78ClN7O16. The Morgan fingerprint density at radius 1 is 0.909 bits per heavy atom. The molecule has 88 heavy (non-hydrogen) atoms. The highest BCUT2D eigenvalue weighted by atomic mass is 35.5. The lowest BCUT2D eigenvalue weighted by Crippen LogP contribution is -2.81. The van der Waals surface area contributed by atoms with Crippen LogP contribution in [0.25, 0.3) is 11.0 Å². The van der Waals surface area contributed by atoms with Crippen molar-refractivity contribution in [3.05, 3.63) is 136 Å². The zero-order valence-corrected chi connectivity index (χ0v) is 51.2. The number of aromatic amines is 1. The van der Waals surface area contributed by atoms with Crippen molar-refractivity contribution in [3.63, 3.8) is 0 Å². The Bertz CT molecular complexity index is 3430. The number of ketones is 1. The summed E-state index contributed by atoms with van der Waals surface area (Å²) in [4.78, 5) is 95.9. The van der Waals surface area contributed by atoms with Gasteiger partial charge in [0.1, 0.15) is 53.4 Å². The molecule has 0 spiro atoms. The third-order valence-corrected chi connectivity index (χ3v) is 18.6. The van der Waals surface area contributed by atoms with E-state index in [4.69, 9.17) is 41.0 Å². The number of alkyl carbamates (subject to hydrolysis) is 1. The van der Waals surface area contributed by atoms with Crippen LogP contribution in [0.4, 0.5) is 10.6 Å². The molecule has 2 saturated carbocycles. The second-order valence-corrected chi connectivity index (χ2v) is 25.7. The van der Waals surface area contributed by atoms with Crippen molar-refractivity contribution < 1.29 is 78.0 Å². The van der Waals surface area contributed by atoms with Crippen LogP contribution in [0.3, 0.4) is 0 Å². The first-order chi connectivity index (χ1) is 41.5. The summed E-state index contributed by atoms with van der Waals surface area (Å²) in [7, 11) is 0. The summed E-state index contributed by atoms with van der Waals surface area (Å²) in [5, 5.41) is 65.6. The summed E-state index contributed by atoms with van der Waals surface area (Å²) in [6.45, 7) is 13.0. The smallest absolute Gasteiger partial charge is 0.408 e. The average Bonchev–Trinajstić information content (AvgIpc) is 0.768. The van der Waals surface area contributed by atoms with Gasteiger partial charge in [0.25, 0.3) is 0 Å². The quantitative estimate of drug-likeness (QED) is 0.0381. The number of aliphatic hydroxyl groups excluding tert-OH is 4. The number of Topliss-reactive ketones (excluding diaryl/α,β-unsaturated/α-hetero) is 1. The Balaban J connectivity index is 0.000000256. The van der Waals surface area contributed by atoms with Gasteiger partial charge >= 0.3 is 24.0 Å². The van der Waals surface area contributed by atoms with Crippen LogP contribution in [-0.2, 0) is 42.9 Å². The Morgan fingerprint density at radius 3 is 2.16 bits per heavy atom. The fraction of sp³-hybridized carbons (Fsp3) is 0.500. The molecular weight excluding hydrogens is 1160 g/mol. The van der Waals surface area contributed by atoms with Gasteiger partial charge in [0.05, 0.1) is 52.6 Å². The number of hydrogen-bond donors (Lipinski definition) is 9. The van der Waals surface area contributed by atoms with Gasteiger partial charge in [-0.3, -0.25) is 14.4 Å². The number of fused-ring (bicyclic) bond motifs is 6. The maximum absolute atomic E-state index is 14.9. The van der Waals surface area contributed by atoms with Crippen molar-refractivity contribution in [1.29, 1.82) is 0 Å². The number of rotatable bonds is 14. The molecule has 10 rings (SSSR count). The highest BCUT2D eigenvalue weighted by Gasteiger charge is 2.78. The average molecular weight is 1240 g/mol. The molecule has 24 heteroatoms. The normalized spacial score (nSPS) is 28.0. The highest BCUT2D eigenvalue weighted by Crippen LogP contribution is 2.64. The fourth-order valence-electron chi connectivity index (χ4n) is 13.5. The van der Waals surface area contributed by atoms with Crippen molar-refractivity contribution in [2.75, 3.05) is 31.2 Å². The number of aliphatic hydroxyl groups is 5. The van der Waals surface area contributed by atoms with Gasteiger partial charge in [0.2, 0.25) is 5.91 Å². The summed E-state index contributed by atoms with van der Waals surface area (Å²) < 4.78 is 29.5. The lowest BCUT2D eigenvalue weighted by molar-refractivity contribution is -0.346. The van der Waals surface area contributed by atoms with E-state index in [1.807, 2.05) is 24.4 Å². The number of nitrogens with two attached hydrogens (primary N) is 1. The molecule has 4 fully saturated rings. The van der Waals surface area contributed by atoms with Crippen LogP contribution in [0.5, 0.6) is 0 Å². The van der Waals surface area contributed by atoms with Crippen molar-refractivity contribution in [1.82, 2.24) is 25.6 Å². The van der Waals surface area contributed by atoms with E-state index in [0.717, 1.165) is 29.3 Å². The van der Waals surface area contributed by atoms with Gasteiger partial charge in [-0.1, -0.05) is 86.1 Å². The maximum atomic E-state index is 14.9. The first-order valence-corrected chi connectivity index (χ1v) is 29.7. The van der Waals surface area contributed by atoms with Gasteiger partial charge in [0, 0.05) is 56.1 Å². The number of aromatic nitrogens is 3. The second-order valence-electron chi connectivity index (χ2n) is 25.2. The van der Waals surface area contributed by atoms with Crippen molar-refractivity contribution in [2.45, 2.75) is 159 Å². The molecule has 4 heterocycles. The standard InChI is InChI=1S/C43H53NO14.C21H25ClN6O2/c1-22-26(55-37(51)32(48)30(24-15-11-9-12-16-24)44-38(52)58-39(3,4)5)20-43(53)35(56-36(50)25-17-13-10-14-18-25)33-41(8,34(49)31(47)29(22)40(43,6)7)27(46)19-28-42(33,21-54-28)57-23(2)45;22-15-3-1-14(2-4-15)17(6-12-29)27-20(30)21(23)7-10-28(11-8-21)19-16-5-9-24-18(16)25-13-26-19/h9-18,26-28,30-33,35,46-48,53H,19-21H2,1-8H3,(H,44,52);1-5,9,13,17,29H,6-8,10-12,23H2,(H,27,30)(H,24,25,26)/t26-,27-,28+,30-,31+,32+,33-,35-,41+,42-,43+;17-/m00/s1. The molecule has 0 unspecified atom stereocenters. The van der Waals surface area contributed by atoms with Crippen LogP contribution in [0.1, 0.15) is 121 Å². The highest BCUT2D eigenvalue weighted by molar-refractivity contribution is 6.30. The maximum Gasteiger partial charge on any atom is 0.408 e. The number of esters is 3. The van der Waals surface area contributed by atoms with E-state index in [1.54, 1.807) is 95.3 Å². The fourth-order valence-corrected chi connectivity index (χ4v) is 13.6. The molecule has 2 bridgehead atoms. The summed E-state index contributed by atoms with van der Waals surface area (Å²) in [5.41, 5.74) is -0.909. The molecule has 2 aliphatic heterocycles. The molecule has 23 nitrogen and oxygen atoms in total. The van der Waals surface area contributed by atoms with E-state index >= 15 is 0 Å². The molecule has 5 aromatic rings. The number of anilines is 1. The van der Waals surface area contributed by atoms with Gasteiger partial charge in [-0.05, 0) is 106 Å². The third-order valence-electron chi connectivity index (χ3n) is 18.3. The summed E-state index contributed by atoms with van der Waals surface area (Å²) in [6.07, 6.45) is -6.70. The number of benzene rings is 3. The minimum atomic E-state index is -2.35. The third kappa shape index (κ3) is 12.4. The molecule has 3 aromatic carbocycles. The van der Waals surface area contributed by atoms with E-state index in [-0.39, 0.29) is 48.3 Å². The van der Waals surface area contributed by atoms with Crippen LogP contribution in [-0.4, -0.2) is 161 Å². The molecule has 12 atom stereocenters. The first kappa shape index (κ1) is 65.1. The van der Waals surface area contributed by atoms with Crippen LogP contribution in [0.2, 0.25) is 5.02 Å². The Kier molecular flexibility index (Phi) is 18.7. The Labute approximate surface area is 514 Å². The molecule has 5 aliphatic rings. The van der Waals surface area contributed by atoms with E-state index in [0.29, 0.717) is 42.9 Å². The molecule has 2 amide bonds. The number of carbonyl (C=O) groups is 6. The van der Waals surface area contributed by atoms with Crippen molar-refractivity contribution in [2.24, 2.45) is 22.5 Å². The van der Waals surface area contributed by atoms with Crippen LogP contribution in [0.15, 0.2) is 115 Å². The zero-order chi connectivity index (χ0) is 63.9. The van der Waals surface area contributed by atoms with Gasteiger partial charge in [0.15, 0.2) is 17.5 Å². The van der Waals surface area contributed by atoms with E-state index in [1.165, 1.54) is 32.3 Å². The number of ether oxygens (including phenoxy) is 5. The number of nitrogens with one attached hydrogen (secondary N) is 3. The van der Waals surface area contributed by atoms with Gasteiger partial charge in [-0.2, -0.15) is 0 Å². The molecule has 2 saturated heterocycles. The molecule has 472 valence electrons. The Hall–Kier alpha value is -7.35. The minimum absolute atomic E-state index is 0.0424. The topological polar surface area (TPSA) is 345 Å². The monoisotopic (exact) mass is 1240 g/mol. The predicted molar refractivity (Wildman–Crippen MR) is 320 cm³/mol. The van der Waals surface area contributed by atoms with Crippen molar-refractivity contribution in [3.8, 4) is 0 Å². The number of halogens is 1. The Morgan fingerprint density at radius 2 is 1.56 bits per heavy atom. The molecule has 2 aromatic heterocycles. The van der Waals surface area contributed by atoms with Crippen LogP contribution < -0.4 is 21.3 Å². The van der Waals surface area contributed by atoms with Gasteiger partial charge in [-0.25, -0.2) is 24.4 Å². The second kappa shape index (κ2) is 25.3. The molecule has 3 aliphatic carbocycles. The lowest BCUT2D eigenvalue weighted by Gasteiger charge is -2.67. The zero-order valence-electron chi connectivity index (χ0n) is 50.4. The molecule has 10 N–H and O–H groups in total. The minimum Gasteiger partial charge on any atom is -0.456 e. The van der Waals surface area contributed by atoms with Crippen LogP contribution >= 0.6 is 11.6 Å². The summed E-state index contributed by atoms with van der Waals surface area (Å²) in [5.74, 6) is -4.72. The molecule has 0 radical (unpaired) electrons. The van der Waals surface area contributed by atoms with Gasteiger partial charge < -0.3 is 75.5 Å². The number of amides is 2. The summed E-state index contributed by atoms with van der Waals surface area (Å²) in [6, 6.07) is 23.5. The largest absolute Gasteiger partial charge is 0.456 e. The first-order valence-electron chi connectivity index (χ1n) is 29.3. The number of piperidine rings is 1. The number of hydrogen-bond acceptors (Lipinski definition) is 20. The lowest BCUT2D eigenvalue weighted by atomic mass is 9.44. The van der Waals surface area contributed by atoms with E-state index in [2.05, 4.69) is 30.5 Å². The number of nitrogens with zero attached hydrogens (tertiary/aromatic N) is 3. The summed E-state index contributed by atoms with van der Waals surface area (Å²) >= 11 is 5.96. The van der Waals surface area contributed by atoms with E-state index < -0.39 is 118 Å².